The maximum Gasteiger partial charge on any atom is 2.00 e. The molecule has 0 aromatic carbocycles. The van der Waals surface area contributed by atoms with Gasteiger partial charge in [-0.25, -0.2) is 0 Å². The third kappa shape index (κ3) is 1390. The Morgan fingerprint density at radius 2 is 1.00 bits per heavy atom. The maximum atomic E-state index is 8.55. The average Bonchev–Trinajstić information content (AvgIpc) is 0.722. The predicted molar refractivity (Wildman–Crippen MR) is 20.8 cm³/mol. The number of quaternary nitrogens is 1. The molecule has 0 unspecified atom stereocenters. The number of phosphoric acid groups is 1. The normalized spacial score (nSPS) is 6.56. The van der Waals surface area contributed by atoms with Crippen molar-refractivity contribution in [2.75, 3.05) is 0 Å². The van der Waals surface area contributed by atoms with E-state index < -0.39 is 7.82 Å². The molecule has 0 atom stereocenters. The Balaban J connectivity index is -0.0000000133. The number of rotatable bonds is 0. The largest absolute Gasteiger partial charge is 2.00 e. The molecule has 0 aromatic rings. The summed E-state index contributed by atoms with van der Waals surface area (Å²) < 4.78 is 8.55. The van der Waals surface area contributed by atoms with Gasteiger partial charge < -0.3 is 36.3 Å². The van der Waals surface area contributed by atoms with Crippen LogP contribution in [0.25, 0.3) is 0 Å². The molecular formula is H8MnNO6P. The van der Waals surface area contributed by atoms with Crippen LogP contribution in [-0.4, -0.2) is 11.0 Å². The van der Waals surface area contributed by atoms with E-state index in [-0.39, 0.29) is 34.2 Å². The van der Waals surface area contributed by atoms with Gasteiger partial charge in [-0.2, -0.15) is 7.82 Å². The van der Waals surface area contributed by atoms with E-state index in [1.165, 1.54) is 0 Å². The second-order valence-corrected chi connectivity index (χ2v) is 1.34. The zero-order chi connectivity index (χ0) is 4.50. The van der Waals surface area contributed by atoms with Crippen LogP contribution < -0.4 is 20.8 Å². The van der Waals surface area contributed by atoms with Gasteiger partial charge in [0.2, 0.25) is 0 Å². The molecular weight excluding hydrogens is 196 g/mol. The Morgan fingerprint density at radius 3 is 1.00 bits per heavy atom. The van der Waals surface area contributed by atoms with E-state index in [2.05, 4.69) is 0 Å². The summed E-state index contributed by atoms with van der Waals surface area (Å²) in [7, 11) is -5.39. The van der Waals surface area contributed by atoms with Crippen LogP contribution in [-0.2, 0) is 21.6 Å². The van der Waals surface area contributed by atoms with Crippen molar-refractivity contribution in [1.82, 2.24) is 6.15 Å². The summed E-state index contributed by atoms with van der Waals surface area (Å²) in [5, 5.41) is 0. The van der Waals surface area contributed by atoms with Crippen LogP contribution in [0.15, 0.2) is 0 Å². The first-order valence-corrected chi connectivity index (χ1v) is 2.19. The summed E-state index contributed by atoms with van der Waals surface area (Å²) in [5.74, 6) is 0. The Kier molecular flexibility index (Phi) is 42.6. The number of hydrogen-bond donors (Lipinski definition) is 1. The van der Waals surface area contributed by atoms with Gasteiger partial charge in [0.25, 0.3) is 0 Å². The second kappa shape index (κ2) is 11.3. The van der Waals surface area contributed by atoms with Crippen molar-refractivity contribution < 1.29 is 47.3 Å². The fourth-order valence-corrected chi connectivity index (χ4v) is 0. The van der Waals surface area contributed by atoms with Gasteiger partial charge in [-0.1, -0.05) is 0 Å². The molecule has 1 radical (unpaired) electrons. The van der Waals surface area contributed by atoms with Crippen molar-refractivity contribution in [3.8, 4) is 0 Å². The molecule has 0 rings (SSSR count). The van der Waals surface area contributed by atoms with Gasteiger partial charge in [0.1, 0.15) is 0 Å². The minimum Gasteiger partial charge on any atom is -0.822 e. The van der Waals surface area contributed by atoms with Gasteiger partial charge >= 0.3 is 17.1 Å². The summed E-state index contributed by atoms with van der Waals surface area (Å²) in [4.78, 5) is 25.6. The first-order chi connectivity index (χ1) is 2.00. The smallest absolute Gasteiger partial charge is 0.822 e. The molecule has 7 nitrogen and oxygen atoms in total. The molecule has 0 heterocycles. The molecule has 0 aliphatic carbocycles. The van der Waals surface area contributed by atoms with E-state index in [1.807, 2.05) is 0 Å². The Morgan fingerprint density at radius 1 is 1.00 bits per heavy atom. The summed E-state index contributed by atoms with van der Waals surface area (Å²) in [6.45, 7) is 0. The van der Waals surface area contributed by atoms with Gasteiger partial charge in [0.05, 0.1) is 0 Å². The van der Waals surface area contributed by atoms with Crippen molar-refractivity contribution in [3.63, 3.8) is 0 Å². The van der Waals surface area contributed by atoms with Crippen LogP contribution >= 0.6 is 7.82 Å². The standard InChI is InChI=1S/Mn.H3N.H3O4P.2H2O/c;;1-5(2,3)4;;/h;1H3;(H3,1,2,3,4);2*1H2/q+2;;;;/p-2. The molecule has 61 valence electrons. The Labute approximate surface area is 62.0 Å². The molecule has 0 saturated carbocycles. The molecule has 0 aromatic heterocycles. The van der Waals surface area contributed by atoms with Gasteiger partial charge in [-0.05, 0) is 0 Å². The zero-order valence-electron chi connectivity index (χ0n) is 4.46. The predicted octanol–water partition coefficient (Wildman–Crippen LogP) is -4.10. The van der Waals surface area contributed by atoms with Crippen LogP contribution in [0.1, 0.15) is 0 Å². The van der Waals surface area contributed by atoms with Crippen LogP contribution in [0.4, 0.5) is 0 Å². The number of hydrogen-bond acceptors (Lipinski definition) is 4. The first kappa shape index (κ1) is 33.9. The molecule has 0 fully saturated rings. The Bertz CT molecular complexity index is 59.2. The minimum absolute atomic E-state index is 0. The topological polar surface area (TPSA) is 186 Å². The summed E-state index contributed by atoms with van der Waals surface area (Å²) in [5.41, 5.74) is 0. The van der Waals surface area contributed by atoms with Crippen molar-refractivity contribution >= 4 is 7.82 Å². The van der Waals surface area contributed by atoms with Gasteiger partial charge in [-0.15, -0.1) is 0 Å². The van der Waals surface area contributed by atoms with Crippen molar-refractivity contribution in [1.29, 1.82) is 0 Å². The van der Waals surface area contributed by atoms with E-state index >= 15 is 0 Å². The van der Waals surface area contributed by atoms with E-state index in [0.717, 1.165) is 0 Å². The molecule has 9 heavy (non-hydrogen) atoms. The van der Waals surface area contributed by atoms with E-state index in [0.29, 0.717) is 0 Å². The Hall–Kier alpha value is 0.509. The molecule has 0 aliphatic heterocycles. The van der Waals surface area contributed by atoms with Gasteiger partial charge in [-0.3, -0.25) is 0 Å². The van der Waals surface area contributed by atoms with E-state index in [1.54, 1.807) is 0 Å². The van der Waals surface area contributed by atoms with Crippen LogP contribution in [0.5, 0.6) is 0 Å². The first-order valence-electron chi connectivity index (χ1n) is 0.730. The second-order valence-electron chi connectivity index (χ2n) is 0.447. The van der Waals surface area contributed by atoms with E-state index in [9.17, 15) is 0 Å². The molecule has 0 aliphatic rings. The third-order valence-corrected chi connectivity index (χ3v) is 0. The quantitative estimate of drug-likeness (QED) is 0.310. The fourth-order valence-electron chi connectivity index (χ4n) is 0. The molecule has 0 spiro atoms. The maximum absolute atomic E-state index is 8.55. The van der Waals surface area contributed by atoms with Crippen molar-refractivity contribution in [2.45, 2.75) is 0 Å². The molecule has 0 saturated heterocycles. The van der Waals surface area contributed by atoms with Crippen molar-refractivity contribution in [3.05, 3.63) is 0 Å². The van der Waals surface area contributed by atoms with Gasteiger partial charge in [0.15, 0.2) is 0 Å². The molecule has 0 amide bonds. The van der Waals surface area contributed by atoms with Gasteiger partial charge in [0, 0.05) is 0 Å². The van der Waals surface area contributed by atoms with Crippen LogP contribution in [0, 0.1) is 0 Å². The summed E-state index contributed by atoms with van der Waals surface area (Å²) in [6, 6.07) is 0. The zero-order valence-corrected chi connectivity index (χ0v) is 6.53. The SMILES string of the molecule is O.O.O=P([O-])([O-])[O-].[Mn+2].[NH4+]. The average molecular weight is 204 g/mol. The summed E-state index contributed by atoms with van der Waals surface area (Å²) in [6.07, 6.45) is 0. The fraction of sp³-hybridized carbons (Fsp3) is 0. The van der Waals surface area contributed by atoms with E-state index in [4.69, 9.17) is 19.2 Å². The summed E-state index contributed by atoms with van der Waals surface area (Å²) >= 11 is 0. The third-order valence-electron chi connectivity index (χ3n) is 0. The molecule has 8 N–H and O–H groups in total. The minimum atomic E-state index is -5.39. The van der Waals surface area contributed by atoms with Crippen molar-refractivity contribution in [2.24, 2.45) is 0 Å². The molecule has 9 heteroatoms. The molecule has 0 bridgehead atoms. The van der Waals surface area contributed by atoms with Crippen LogP contribution in [0.3, 0.4) is 0 Å². The monoisotopic (exact) mass is 204 g/mol. The van der Waals surface area contributed by atoms with Crippen LogP contribution in [0.2, 0.25) is 0 Å².